The summed E-state index contributed by atoms with van der Waals surface area (Å²) in [5, 5.41) is 5.24. The molecule has 0 aromatic rings. The Hall–Kier alpha value is -0.620. The van der Waals surface area contributed by atoms with Crippen LogP contribution in [-0.2, 0) is 14.6 Å². The van der Waals surface area contributed by atoms with Crippen LogP contribution in [0.1, 0.15) is 0 Å². The summed E-state index contributed by atoms with van der Waals surface area (Å²) in [6, 6.07) is -0.575. The Kier molecular flexibility index (Phi) is 2.69. The molecule has 0 aliphatic carbocycles. The van der Waals surface area contributed by atoms with Gasteiger partial charge in [0, 0.05) is 13.6 Å². The van der Waals surface area contributed by atoms with Gasteiger partial charge in [0.2, 0.25) is 5.91 Å². The number of hydrogen-bond acceptors (Lipinski definition) is 4. The van der Waals surface area contributed by atoms with Gasteiger partial charge in [-0.15, -0.1) is 0 Å². The molecular weight excluding hydrogens is 180 g/mol. The zero-order chi connectivity index (χ0) is 9.19. The number of rotatable bonds is 1. The van der Waals surface area contributed by atoms with Crippen molar-refractivity contribution in [1.82, 2.24) is 10.6 Å². The SMILES string of the molecule is CNC(=O)C1CS(=O)(=O)CCN1. The molecule has 1 saturated heterocycles. The topological polar surface area (TPSA) is 75.3 Å². The molecule has 2 N–H and O–H groups in total. The lowest BCUT2D eigenvalue weighted by atomic mass is 10.3. The first-order valence-electron chi connectivity index (χ1n) is 3.70. The standard InChI is InChI=1S/C6H12N2O3S/c1-7-6(9)5-4-12(10,11)3-2-8-5/h5,8H,2-4H2,1H3,(H,7,9). The summed E-state index contributed by atoms with van der Waals surface area (Å²) in [4.78, 5) is 11.0. The molecular formula is C6H12N2O3S. The first-order valence-corrected chi connectivity index (χ1v) is 5.53. The van der Waals surface area contributed by atoms with Crippen molar-refractivity contribution in [2.24, 2.45) is 0 Å². The molecule has 12 heavy (non-hydrogen) atoms. The van der Waals surface area contributed by atoms with E-state index in [1.165, 1.54) is 7.05 Å². The molecule has 0 aromatic heterocycles. The number of carbonyl (C=O) groups is 1. The number of amides is 1. The van der Waals surface area contributed by atoms with Crippen molar-refractivity contribution in [3.63, 3.8) is 0 Å². The molecule has 1 rings (SSSR count). The van der Waals surface area contributed by atoms with Gasteiger partial charge in [0.05, 0.1) is 11.5 Å². The van der Waals surface area contributed by atoms with Gasteiger partial charge < -0.3 is 10.6 Å². The van der Waals surface area contributed by atoms with Gasteiger partial charge in [0.15, 0.2) is 9.84 Å². The monoisotopic (exact) mass is 192 g/mol. The number of likely N-dealkylation sites (N-methyl/N-ethyl adjacent to an activating group) is 1. The van der Waals surface area contributed by atoms with Crippen LogP contribution in [0.2, 0.25) is 0 Å². The molecule has 0 radical (unpaired) electrons. The second kappa shape index (κ2) is 3.40. The molecule has 6 heteroatoms. The largest absolute Gasteiger partial charge is 0.358 e. The highest BCUT2D eigenvalue weighted by Gasteiger charge is 2.28. The van der Waals surface area contributed by atoms with Gasteiger partial charge in [-0.1, -0.05) is 0 Å². The van der Waals surface area contributed by atoms with Crippen molar-refractivity contribution >= 4 is 15.7 Å². The Balaban J connectivity index is 2.64. The van der Waals surface area contributed by atoms with E-state index >= 15 is 0 Å². The third-order valence-electron chi connectivity index (χ3n) is 1.79. The smallest absolute Gasteiger partial charge is 0.237 e. The molecule has 1 unspecified atom stereocenters. The summed E-state index contributed by atoms with van der Waals surface area (Å²) < 4.78 is 22.1. The van der Waals surface area contributed by atoms with Gasteiger partial charge in [-0.25, -0.2) is 8.42 Å². The lowest BCUT2D eigenvalue weighted by Crippen LogP contribution is -2.52. The number of nitrogens with one attached hydrogen (secondary N) is 2. The van der Waals surface area contributed by atoms with Crippen LogP contribution in [0.5, 0.6) is 0 Å². The second-order valence-electron chi connectivity index (χ2n) is 2.74. The molecule has 1 aliphatic heterocycles. The normalized spacial score (nSPS) is 27.9. The Morgan fingerprint density at radius 3 is 2.75 bits per heavy atom. The van der Waals surface area contributed by atoms with Gasteiger partial charge in [-0.05, 0) is 0 Å². The van der Waals surface area contributed by atoms with E-state index in [4.69, 9.17) is 0 Å². The summed E-state index contributed by atoms with van der Waals surface area (Å²) in [7, 11) is -1.52. The second-order valence-corrected chi connectivity index (χ2v) is 4.96. The summed E-state index contributed by atoms with van der Waals surface area (Å²) in [6.07, 6.45) is 0. The van der Waals surface area contributed by atoms with E-state index in [2.05, 4.69) is 10.6 Å². The number of sulfone groups is 1. The van der Waals surface area contributed by atoms with Crippen LogP contribution >= 0.6 is 0 Å². The highest BCUT2D eigenvalue weighted by molar-refractivity contribution is 7.91. The van der Waals surface area contributed by atoms with Crippen molar-refractivity contribution in [3.8, 4) is 0 Å². The lowest BCUT2D eigenvalue weighted by molar-refractivity contribution is -0.122. The van der Waals surface area contributed by atoms with Crippen LogP contribution in [0.15, 0.2) is 0 Å². The van der Waals surface area contributed by atoms with Crippen LogP contribution in [0.25, 0.3) is 0 Å². The average Bonchev–Trinajstić information content (AvgIpc) is 2.01. The lowest BCUT2D eigenvalue weighted by Gasteiger charge is -2.21. The van der Waals surface area contributed by atoms with Gasteiger partial charge in [0.1, 0.15) is 6.04 Å². The van der Waals surface area contributed by atoms with Gasteiger partial charge in [0.25, 0.3) is 0 Å². The Bertz CT molecular complexity index is 273. The number of carbonyl (C=O) groups excluding carboxylic acids is 1. The molecule has 0 saturated carbocycles. The molecule has 0 bridgehead atoms. The van der Waals surface area contributed by atoms with Crippen LogP contribution in [0.4, 0.5) is 0 Å². The van der Waals surface area contributed by atoms with Crippen LogP contribution < -0.4 is 10.6 Å². The van der Waals surface area contributed by atoms with Gasteiger partial charge >= 0.3 is 0 Å². The fraction of sp³-hybridized carbons (Fsp3) is 0.833. The Labute approximate surface area is 71.4 Å². The van der Waals surface area contributed by atoms with Gasteiger partial charge in [-0.2, -0.15) is 0 Å². The summed E-state index contributed by atoms with van der Waals surface area (Å²) in [5.41, 5.74) is 0. The summed E-state index contributed by atoms with van der Waals surface area (Å²) in [5.74, 6) is -0.231. The van der Waals surface area contributed by atoms with E-state index in [-0.39, 0.29) is 17.4 Å². The van der Waals surface area contributed by atoms with Crippen molar-refractivity contribution in [3.05, 3.63) is 0 Å². The van der Waals surface area contributed by atoms with E-state index < -0.39 is 15.9 Å². The summed E-state index contributed by atoms with van der Waals surface area (Å²) in [6.45, 7) is 0.362. The van der Waals surface area contributed by atoms with Crippen molar-refractivity contribution < 1.29 is 13.2 Å². The fourth-order valence-electron chi connectivity index (χ4n) is 1.13. The average molecular weight is 192 g/mol. The minimum atomic E-state index is -3.01. The third-order valence-corrected chi connectivity index (χ3v) is 3.45. The van der Waals surface area contributed by atoms with Crippen molar-refractivity contribution in [1.29, 1.82) is 0 Å². The number of hydrogen-bond donors (Lipinski definition) is 2. The predicted octanol–water partition coefficient (Wildman–Crippen LogP) is -1.88. The maximum Gasteiger partial charge on any atom is 0.237 e. The fourth-order valence-corrected chi connectivity index (χ4v) is 2.50. The quantitative estimate of drug-likeness (QED) is 0.510. The first kappa shape index (κ1) is 9.47. The van der Waals surface area contributed by atoms with E-state index in [1.807, 2.05) is 0 Å². The summed E-state index contributed by atoms with van der Waals surface area (Å²) >= 11 is 0. The predicted molar refractivity (Wildman–Crippen MR) is 44.5 cm³/mol. The molecule has 0 aromatic carbocycles. The van der Waals surface area contributed by atoms with Crippen LogP contribution in [0, 0.1) is 0 Å². The van der Waals surface area contributed by atoms with E-state index in [9.17, 15) is 13.2 Å². The maximum absolute atomic E-state index is 11.1. The molecule has 0 spiro atoms. The van der Waals surface area contributed by atoms with Crippen molar-refractivity contribution in [2.45, 2.75) is 6.04 Å². The van der Waals surface area contributed by atoms with Crippen LogP contribution in [0.3, 0.4) is 0 Å². The Morgan fingerprint density at radius 2 is 2.25 bits per heavy atom. The molecule has 1 amide bonds. The van der Waals surface area contributed by atoms with Crippen molar-refractivity contribution in [2.75, 3.05) is 25.1 Å². The molecule has 1 heterocycles. The maximum atomic E-state index is 11.1. The third kappa shape index (κ3) is 2.18. The minimum Gasteiger partial charge on any atom is -0.358 e. The van der Waals surface area contributed by atoms with Crippen LogP contribution in [-0.4, -0.2) is 45.5 Å². The highest BCUT2D eigenvalue weighted by atomic mass is 32.2. The molecule has 70 valence electrons. The highest BCUT2D eigenvalue weighted by Crippen LogP contribution is 2.00. The molecule has 1 aliphatic rings. The zero-order valence-corrected chi connectivity index (χ0v) is 7.65. The van der Waals surface area contributed by atoms with E-state index in [0.717, 1.165) is 0 Å². The molecule has 1 atom stereocenters. The van der Waals surface area contributed by atoms with E-state index in [0.29, 0.717) is 6.54 Å². The first-order chi connectivity index (χ1) is 5.55. The van der Waals surface area contributed by atoms with Gasteiger partial charge in [-0.3, -0.25) is 4.79 Å². The van der Waals surface area contributed by atoms with E-state index in [1.54, 1.807) is 0 Å². The minimum absolute atomic E-state index is 0.0906. The molecule has 5 nitrogen and oxygen atoms in total. The zero-order valence-electron chi connectivity index (χ0n) is 6.83. The molecule has 1 fully saturated rings. The Morgan fingerprint density at radius 1 is 1.58 bits per heavy atom.